The Balaban J connectivity index is 1.62. The quantitative estimate of drug-likeness (QED) is 0.504. The number of thioether (sulfide) groups is 1. The molecule has 2 unspecified atom stereocenters. The Hall–Kier alpha value is -1.79. The first-order valence-corrected chi connectivity index (χ1v) is 10.8. The second-order valence-electron chi connectivity index (χ2n) is 6.87. The van der Waals surface area contributed by atoms with E-state index in [4.69, 9.17) is 27.9 Å². The number of ether oxygens (including phenoxy) is 1. The standard InChI is InChI=1S/C19H17Cl2FN4O4S/c20-12-2-1-11(4-13(12)21)31-19-18(29)16(17(28)15(8-27)30-19)26-7-14(24-25-26)9-3-10(22)6-23-5-9/h1-7,15-19,27-29H,8H2/t15?,16-,17-,18?,19+/m0/s1. The highest BCUT2D eigenvalue weighted by atomic mass is 35.5. The third kappa shape index (κ3) is 4.70. The number of benzene rings is 1. The molecule has 1 aliphatic rings. The fourth-order valence-corrected chi connectivity index (χ4v) is 4.73. The molecule has 0 aliphatic carbocycles. The Labute approximate surface area is 190 Å². The molecule has 3 aromatic rings. The fraction of sp³-hybridized carbons (Fsp3) is 0.316. The monoisotopic (exact) mass is 486 g/mol. The third-order valence-corrected chi connectivity index (χ3v) is 6.70. The van der Waals surface area contributed by atoms with Crippen LogP contribution < -0.4 is 0 Å². The summed E-state index contributed by atoms with van der Waals surface area (Å²) in [6, 6.07) is 5.23. The molecule has 0 spiro atoms. The molecule has 5 atom stereocenters. The molecular weight excluding hydrogens is 470 g/mol. The highest BCUT2D eigenvalue weighted by molar-refractivity contribution is 7.99. The average molecular weight is 487 g/mol. The second kappa shape index (κ2) is 9.37. The minimum atomic E-state index is -1.27. The van der Waals surface area contributed by atoms with Crippen LogP contribution in [0.2, 0.25) is 10.0 Å². The van der Waals surface area contributed by atoms with Crippen LogP contribution in [0.4, 0.5) is 4.39 Å². The Morgan fingerprint density at radius 2 is 1.94 bits per heavy atom. The van der Waals surface area contributed by atoms with Gasteiger partial charge in [0.1, 0.15) is 41.3 Å². The lowest BCUT2D eigenvalue weighted by Crippen LogP contribution is -2.55. The molecule has 1 fully saturated rings. The van der Waals surface area contributed by atoms with Crippen LogP contribution in [0.25, 0.3) is 11.3 Å². The third-order valence-electron chi connectivity index (χ3n) is 4.81. The minimum Gasteiger partial charge on any atom is -0.394 e. The number of nitrogens with zero attached hydrogens (tertiary/aromatic N) is 4. The van der Waals surface area contributed by atoms with Crippen molar-refractivity contribution in [3.63, 3.8) is 0 Å². The lowest BCUT2D eigenvalue weighted by molar-refractivity contribution is -0.178. The zero-order valence-electron chi connectivity index (χ0n) is 15.7. The molecule has 164 valence electrons. The molecule has 3 N–H and O–H groups in total. The molecule has 12 heteroatoms. The van der Waals surface area contributed by atoms with Crippen LogP contribution in [-0.4, -0.2) is 65.7 Å². The van der Waals surface area contributed by atoms with Crippen LogP contribution >= 0.6 is 35.0 Å². The normalized spacial score (nSPS) is 26.2. The van der Waals surface area contributed by atoms with E-state index in [1.807, 2.05) is 0 Å². The van der Waals surface area contributed by atoms with Gasteiger partial charge in [0.2, 0.25) is 0 Å². The Morgan fingerprint density at radius 1 is 1.13 bits per heavy atom. The average Bonchev–Trinajstić information content (AvgIpc) is 3.22. The first-order valence-electron chi connectivity index (χ1n) is 9.14. The van der Waals surface area contributed by atoms with Crippen LogP contribution in [0.15, 0.2) is 47.8 Å². The predicted octanol–water partition coefficient (Wildman–Crippen LogP) is 2.56. The Bertz CT molecular complexity index is 1070. The Kier molecular flexibility index (Phi) is 6.77. The van der Waals surface area contributed by atoms with Crippen molar-refractivity contribution in [2.75, 3.05) is 6.61 Å². The summed E-state index contributed by atoms with van der Waals surface area (Å²) < 4.78 is 20.5. The van der Waals surface area contributed by atoms with Crippen LogP contribution in [-0.2, 0) is 4.74 Å². The predicted molar refractivity (Wildman–Crippen MR) is 112 cm³/mol. The van der Waals surface area contributed by atoms with Crippen molar-refractivity contribution < 1.29 is 24.4 Å². The summed E-state index contributed by atoms with van der Waals surface area (Å²) in [6.07, 6.45) is 0.485. The molecule has 0 saturated carbocycles. The SMILES string of the molecule is OCC1O[C@H](Sc2ccc(Cl)c(Cl)c2)C(O)[C@@H](n2cc(-c3cncc(F)c3)nn2)[C@H]1O. The van der Waals surface area contributed by atoms with Crippen LogP contribution in [0.3, 0.4) is 0 Å². The molecule has 1 aromatic carbocycles. The minimum absolute atomic E-state index is 0.312. The zero-order chi connectivity index (χ0) is 22.1. The van der Waals surface area contributed by atoms with Gasteiger partial charge in [0.25, 0.3) is 0 Å². The first kappa shape index (κ1) is 22.4. The molecule has 1 aliphatic heterocycles. The van der Waals surface area contributed by atoms with E-state index in [9.17, 15) is 19.7 Å². The highest BCUT2D eigenvalue weighted by Gasteiger charge is 2.46. The number of aromatic nitrogens is 4. The summed E-state index contributed by atoms with van der Waals surface area (Å²) in [6.45, 7) is -0.474. The molecule has 0 amide bonds. The maximum Gasteiger partial charge on any atom is 0.142 e. The van der Waals surface area contributed by atoms with E-state index in [1.165, 1.54) is 23.1 Å². The van der Waals surface area contributed by atoms with E-state index in [-0.39, 0.29) is 0 Å². The van der Waals surface area contributed by atoms with Crippen LogP contribution in [0.1, 0.15) is 6.04 Å². The summed E-state index contributed by atoms with van der Waals surface area (Å²) in [5.41, 5.74) is -0.152. The van der Waals surface area contributed by atoms with Crippen molar-refractivity contribution in [1.82, 2.24) is 20.0 Å². The smallest absolute Gasteiger partial charge is 0.142 e. The highest BCUT2D eigenvalue weighted by Crippen LogP contribution is 2.39. The van der Waals surface area contributed by atoms with Gasteiger partial charge in [-0.15, -0.1) is 5.10 Å². The molecular formula is C19H17Cl2FN4O4S. The van der Waals surface area contributed by atoms with Gasteiger partial charge in [0.15, 0.2) is 0 Å². The second-order valence-corrected chi connectivity index (χ2v) is 8.85. The molecule has 31 heavy (non-hydrogen) atoms. The fourth-order valence-electron chi connectivity index (χ4n) is 3.27. The van der Waals surface area contributed by atoms with E-state index < -0.39 is 42.2 Å². The van der Waals surface area contributed by atoms with Crippen molar-refractivity contribution in [2.45, 2.75) is 34.7 Å². The maximum absolute atomic E-state index is 13.5. The number of aliphatic hydroxyl groups is 3. The molecule has 0 radical (unpaired) electrons. The Morgan fingerprint density at radius 3 is 2.65 bits per heavy atom. The summed E-state index contributed by atoms with van der Waals surface area (Å²) in [5, 5.41) is 40.1. The number of halogens is 3. The molecule has 1 saturated heterocycles. The van der Waals surface area contributed by atoms with Gasteiger partial charge in [-0.1, -0.05) is 40.2 Å². The van der Waals surface area contributed by atoms with Gasteiger partial charge in [-0.25, -0.2) is 9.07 Å². The van der Waals surface area contributed by atoms with Gasteiger partial charge in [0, 0.05) is 16.7 Å². The van der Waals surface area contributed by atoms with Crippen molar-refractivity contribution in [2.24, 2.45) is 0 Å². The van der Waals surface area contributed by atoms with Crippen LogP contribution in [0.5, 0.6) is 0 Å². The van der Waals surface area contributed by atoms with Gasteiger partial charge >= 0.3 is 0 Å². The number of rotatable bonds is 5. The van der Waals surface area contributed by atoms with Crippen molar-refractivity contribution in [3.05, 3.63) is 58.7 Å². The molecule has 3 heterocycles. The van der Waals surface area contributed by atoms with Crippen LogP contribution in [0, 0.1) is 5.82 Å². The first-order chi connectivity index (χ1) is 14.9. The summed E-state index contributed by atoms with van der Waals surface area (Å²) in [5.74, 6) is -0.531. The number of hydrogen-bond acceptors (Lipinski definition) is 8. The van der Waals surface area contributed by atoms with Gasteiger partial charge in [-0.05, 0) is 24.3 Å². The van der Waals surface area contributed by atoms with Gasteiger partial charge in [-0.2, -0.15) is 0 Å². The number of aliphatic hydroxyl groups excluding tert-OH is 3. The van der Waals surface area contributed by atoms with E-state index in [0.717, 1.165) is 18.0 Å². The van der Waals surface area contributed by atoms with E-state index in [1.54, 1.807) is 18.2 Å². The molecule has 4 rings (SSSR count). The van der Waals surface area contributed by atoms with E-state index in [0.29, 0.717) is 26.2 Å². The van der Waals surface area contributed by atoms with Gasteiger partial charge in [0.05, 0.1) is 29.0 Å². The summed E-state index contributed by atoms with van der Waals surface area (Å²) in [7, 11) is 0. The molecule has 2 aromatic heterocycles. The summed E-state index contributed by atoms with van der Waals surface area (Å²) in [4.78, 5) is 4.46. The lowest BCUT2D eigenvalue weighted by Gasteiger charge is -2.41. The van der Waals surface area contributed by atoms with Crippen molar-refractivity contribution in [3.8, 4) is 11.3 Å². The van der Waals surface area contributed by atoms with E-state index >= 15 is 0 Å². The zero-order valence-corrected chi connectivity index (χ0v) is 18.0. The van der Waals surface area contributed by atoms with Gasteiger partial charge < -0.3 is 20.1 Å². The number of pyridine rings is 1. The van der Waals surface area contributed by atoms with Crippen molar-refractivity contribution in [1.29, 1.82) is 0 Å². The maximum atomic E-state index is 13.5. The van der Waals surface area contributed by atoms with Crippen molar-refractivity contribution >= 4 is 35.0 Å². The van der Waals surface area contributed by atoms with E-state index in [2.05, 4.69) is 15.3 Å². The number of hydrogen-bond donors (Lipinski definition) is 3. The summed E-state index contributed by atoms with van der Waals surface area (Å²) >= 11 is 13.2. The largest absolute Gasteiger partial charge is 0.394 e. The molecule has 8 nitrogen and oxygen atoms in total. The lowest BCUT2D eigenvalue weighted by atomic mass is 9.97. The van der Waals surface area contributed by atoms with Gasteiger partial charge in [-0.3, -0.25) is 4.98 Å². The topological polar surface area (TPSA) is 114 Å². The molecule has 0 bridgehead atoms.